The summed E-state index contributed by atoms with van der Waals surface area (Å²) in [5.74, 6) is 2.22. The number of hydrogen-bond donors (Lipinski definition) is 1. The fraction of sp³-hybridized carbons (Fsp3) is 0.273. The van der Waals surface area contributed by atoms with E-state index in [0.717, 1.165) is 17.5 Å². The van der Waals surface area contributed by atoms with Crippen LogP contribution in [0.4, 0.5) is 5.13 Å². The van der Waals surface area contributed by atoms with Crippen molar-refractivity contribution < 1.29 is 19.0 Å². The lowest BCUT2D eigenvalue weighted by atomic mass is 10.1. The number of thiazole rings is 1. The minimum absolute atomic E-state index is 0.0581. The lowest BCUT2D eigenvalue weighted by Gasteiger charge is -2.23. The third-order valence-electron chi connectivity index (χ3n) is 7.79. The maximum absolute atomic E-state index is 14.2. The molecule has 10 nitrogen and oxygen atoms in total. The van der Waals surface area contributed by atoms with E-state index in [1.807, 2.05) is 71.6 Å². The second-order valence-corrected chi connectivity index (χ2v) is 11.4. The van der Waals surface area contributed by atoms with Gasteiger partial charge in [0.05, 0.1) is 33.4 Å². The van der Waals surface area contributed by atoms with Crippen molar-refractivity contribution in [3.05, 3.63) is 94.3 Å². The normalized spacial score (nSPS) is 14.5. The van der Waals surface area contributed by atoms with Crippen LogP contribution in [0, 0.1) is 0 Å². The van der Waals surface area contributed by atoms with E-state index >= 15 is 0 Å². The van der Waals surface area contributed by atoms with Gasteiger partial charge in [-0.25, -0.2) is 9.97 Å². The Morgan fingerprint density at radius 3 is 2.50 bits per heavy atom. The summed E-state index contributed by atoms with van der Waals surface area (Å²) in [4.78, 5) is 39.7. The van der Waals surface area contributed by atoms with E-state index in [1.54, 1.807) is 32.0 Å². The molecule has 0 aliphatic carbocycles. The van der Waals surface area contributed by atoms with Crippen LogP contribution in [-0.2, 0) is 17.9 Å². The van der Waals surface area contributed by atoms with Crippen molar-refractivity contribution in [2.75, 3.05) is 32.8 Å². The largest absolute Gasteiger partial charge is 0.497 e. The van der Waals surface area contributed by atoms with Gasteiger partial charge in [0.1, 0.15) is 29.1 Å². The average molecular weight is 612 g/mol. The molecule has 1 saturated heterocycles. The number of anilines is 1. The molecule has 1 aliphatic rings. The lowest BCUT2D eigenvalue weighted by Crippen LogP contribution is -2.43. The van der Waals surface area contributed by atoms with E-state index in [9.17, 15) is 9.59 Å². The van der Waals surface area contributed by atoms with Crippen LogP contribution in [0.5, 0.6) is 17.2 Å². The van der Waals surface area contributed by atoms with Crippen molar-refractivity contribution in [1.29, 1.82) is 0 Å². The van der Waals surface area contributed by atoms with Gasteiger partial charge in [0.25, 0.3) is 5.56 Å². The molecule has 44 heavy (non-hydrogen) atoms. The minimum Gasteiger partial charge on any atom is -0.497 e. The van der Waals surface area contributed by atoms with Crippen molar-refractivity contribution in [2.45, 2.75) is 32.0 Å². The van der Waals surface area contributed by atoms with Crippen molar-refractivity contribution in [2.24, 2.45) is 0 Å². The molecular formula is C33H33N5O5S. The second kappa shape index (κ2) is 12.8. The highest BCUT2D eigenvalue weighted by molar-refractivity contribution is 7.21. The van der Waals surface area contributed by atoms with Gasteiger partial charge in [-0.05, 0) is 42.7 Å². The molecule has 1 N–H and O–H groups in total. The Morgan fingerprint density at radius 2 is 1.73 bits per heavy atom. The molecular weight excluding hydrogens is 578 g/mol. The zero-order valence-corrected chi connectivity index (χ0v) is 25.6. The van der Waals surface area contributed by atoms with Crippen LogP contribution in [0.25, 0.3) is 21.7 Å². The number of ether oxygens (including phenoxy) is 3. The molecule has 1 atom stereocenters. The van der Waals surface area contributed by atoms with Crippen LogP contribution in [0.1, 0.15) is 24.0 Å². The number of aromatic nitrogens is 3. The Kier molecular flexibility index (Phi) is 8.47. The summed E-state index contributed by atoms with van der Waals surface area (Å²) < 4.78 is 18.2. The first kappa shape index (κ1) is 29.2. The number of amides is 1. The first-order valence-electron chi connectivity index (χ1n) is 14.3. The quantitative estimate of drug-likeness (QED) is 0.238. The Bertz CT molecular complexity index is 1860. The molecule has 0 radical (unpaired) electrons. The molecule has 1 aliphatic heterocycles. The van der Waals surface area contributed by atoms with Gasteiger partial charge in [0, 0.05) is 24.7 Å². The highest BCUT2D eigenvalue weighted by Crippen LogP contribution is 2.35. The van der Waals surface area contributed by atoms with Crippen LogP contribution < -0.4 is 30.0 Å². The molecule has 1 unspecified atom stereocenters. The monoisotopic (exact) mass is 611 g/mol. The standard InChI is InChI=1S/C33H33N5O5S/c1-41-23-16-15-22(27(18-23)43-3)20-38-29(24-12-7-8-14-26(24)42-2)36-31-28(32(38)40)35-33(44-31)37-17-9-13-25(37)30(39)34-19-21-10-5-4-6-11-21/h4-8,10-12,14-16,18,25H,9,13,17,19-20H2,1-3H3,(H,34,39). The molecule has 3 aromatic carbocycles. The predicted molar refractivity (Wildman–Crippen MR) is 171 cm³/mol. The number of carbonyl (C=O) groups excluding carboxylic acids is 1. The minimum atomic E-state index is -0.376. The van der Waals surface area contributed by atoms with Crippen molar-refractivity contribution in [1.82, 2.24) is 19.9 Å². The molecule has 11 heteroatoms. The third-order valence-corrected chi connectivity index (χ3v) is 8.78. The molecule has 0 bridgehead atoms. The summed E-state index contributed by atoms with van der Waals surface area (Å²) >= 11 is 1.32. The summed E-state index contributed by atoms with van der Waals surface area (Å²) in [5, 5.41) is 3.67. The molecule has 1 fully saturated rings. The smallest absolute Gasteiger partial charge is 0.281 e. The van der Waals surface area contributed by atoms with Crippen LogP contribution in [0.3, 0.4) is 0 Å². The Morgan fingerprint density at radius 1 is 0.955 bits per heavy atom. The van der Waals surface area contributed by atoms with E-state index in [2.05, 4.69) is 5.32 Å². The Balaban J connectivity index is 1.40. The Labute approximate surface area is 258 Å². The number of fused-ring (bicyclic) bond motifs is 1. The Hall–Kier alpha value is -4.90. The fourth-order valence-corrected chi connectivity index (χ4v) is 6.53. The van der Waals surface area contributed by atoms with Gasteiger partial charge < -0.3 is 24.4 Å². The fourth-order valence-electron chi connectivity index (χ4n) is 5.53. The summed E-state index contributed by atoms with van der Waals surface area (Å²) in [6.07, 6.45) is 1.55. The SMILES string of the molecule is COc1ccc(Cn2c(-c3ccccc3OC)nc3sc(N4CCCC4C(=O)NCc4ccccc4)nc3c2=O)c(OC)c1. The number of carbonyl (C=O) groups is 1. The molecule has 6 rings (SSSR count). The second-order valence-electron chi connectivity index (χ2n) is 10.4. The maximum atomic E-state index is 14.2. The topological polar surface area (TPSA) is 108 Å². The molecule has 226 valence electrons. The van der Waals surface area contributed by atoms with Gasteiger partial charge in [-0.3, -0.25) is 14.2 Å². The van der Waals surface area contributed by atoms with Crippen molar-refractivity contribution in [3.63, 3.8) is 0 Å². The number of nitrogens with one attached hydrogen (secondary N) is 1. The van der Waals surface area contributed by atoms with Crippen molar-refractivity contribution in [3.8, 4) is 28.6 Å². The number of hydrogen-bond acceptors (Lipinski definition) is 9. The van der Waals surface area contributed by atoms with E-state index < -0.39 is 0 Å². The number of para-hydroxylation sites is 1. The molecule has 0 saturated carbocycles. The zero-order valence-electron chi connectivity index (χ0n) is 24.8. The van der Waals surface area contributed by atoms with Gasteiger partial charge >= 0.3 is 0 Å². The number of benzene rings is 3. The van der Waals surface area contributed by atoms with Crippen LogP contribution in [-0.4, -0.2) is 54.4 Å². The van der Waals surface area contributed by atoms with Crippen molar-refractivity contribution >= 4 is 32.7 Å². The van der Waals surface area contributed by atoms with Gasteiger partial charge in [-0.15, -0.1) is 0 Å². The highest BCUT2D eigenvalue weighted by Gasteiger charge is 2.33. The summed E-state index contributed by atoms with van der Waals surface area (Å²) in [7, 11) is 4.76. The predicted octanol–water partition coefficient (Wildman–Crippen LogP) is 4.88. The molecule has 3 heterocycles. The summed E-state index contributed by atoms with van der Waals surface area (Å²) in [6.45, 7) is 1.30. The molecule has 2 aromatic heterocycles. The highest BCUT2D eigenvalue weighted by atomic mass is 32.1. The van der Waals surface area contributed by atoms with E-state index in [4.69, 9.17) is 24.2 Å². The van der Waals surface area contributed by atoms with E-state index in [0.29, 0.717) is 58.1 Å². The first-order valence-corrected chi connectivity index (χ1v) is 15.2. The van der Waals surface area contributed by atoms with Crippen LogP contribution in [0.2, 0.25) is 0 Å². The van der Waals surface area contributed by atoms with Gasteiger partial charge in [0.15, 0.2) is 15.5 Å². The molecule has 5 aromatic rings. The molecule has 0 spiro atoms. The number of methoxy groups -OCH3 is 3. The van der Waals surface area contributed by atoms with Gasteiger partial charge in [-0.2, -0.15) is 0 Å². The maximum Gasteiger partial charge on any atom is 0.281 e. The third kappa shape index (κ3) is 5.70. The zero-order chi connectivity index (χ0) is 30.6. The van der Waals surface area contributed by atoms with Gasteiger partial charge in [-0.1, -0.05) is 53.8 Å². The first-order chi connectivity index (χ1) is 21.5. The average Bonchev–Trinajstić information content (AvgIpc) is 3.73. The summed E-state index contributed by atoms with van der Waals surface area (Å²) in [5.41, 5.74) is 2.45. The van der Waals surface area contributed by atoms with Gasteiger partial charge in [0.2, 0.25) is 5.91 Å². The summed E-state index contributed by atoms with van der Waals surface area (Å²) in [6, 6.07) is 22.4. The number of nitrogens with zero attached hydrogens (tertiary/aromatic N) is 4. The molecule has 1 amide bonds. The number of rotatable bonds is 10. The lowest BCUT2D eigenvalue weighted by molar-refractivity contribution is -0.122. The van der Waals surface area contributed by atoms with Crippen LogP contribution in [0.15, 0.2) is 77.6 Å². The van der Waals surface area contributed by atoms with Crippen LogP contribution >= 0.6 is 11.3 Å². The van der Waals surface area contributed by atoms with E-state index in [1.165, 1.54) is 11.3 Å². The van der Waals surface area contributed by atoms with E-state index in [-0.39, 0.29) is 29.6 Å².